The van der Waals surface area contributed by atoms with E-state index in [0.717, 1.165) is 30.0 Å². The summed E-state index contributed by atoms with van der Waals surface area (Å²) in [5.41, 5.74) is 1.06. The van der Waals surface area contributed by atoms with Crippen LogP contribution in [0.4, 0.5) is 8.78 Å². The van der Waals surface area contributed by atoms with E-state index in [2.05, 4.69) is 15.5 Å². The molecule has 6 nitrogen and oxygen atoms in total. The molecule has 2 N–H and O–H groups in total. The SMILES string of the molecule is COc1cc(CN2CCC(NC(=O)C3CC(F)(F)CN3)C2)cc(OC)c1.Cl.Cl. The van der Waals surface area contributed by atoms with Crippen molar-refractivity contribution in [1.82, 2.24) is 15.5 Å². The number of nitrogens with one attached hydrogen (secondary N) is 2. The van der Waals surface area contributed by atoms with Crippen molar-refractivity contribution in [2.24, 2.45) is 0 Å². The average Bonchev–Trinajstić information content (AvgIpc) is 3.20. The lowest BCUT2D eigenvalue weighted by Gasteiger charge is -2.19. The molecule has 2 saturated heterocycles. The fourth-order valence-corrected chi connectivity index (χ4v) is 3.51. The van der Waals surface area contributed by atoms with E-state index in [1.807, 2.05) is 18.2 Å². The lowest BCUT2D eigenvalue weighted by Crippen LogP contribution is -2.46. The maximum atomic E-state index is 13.2. The van der Waals surface area contributed by atoms with Crippen LogP contribution < -0.4 is 20.1 Å². The Balaban J connectivity index is 0.00000196. The molecule has 2 aliphatic rings. The standard InChI is InChI=1S/C18H25F2N3O3.2ClH/c1-25-14-5-12(6-15(7-14)26-2)9-23-4-3-13(10-23)22-17(24)16-8-18(19,20)11-21-16;;/h5-7,13,16,21H,3-4,8-11H2,1-2H3,(H,22,24);2*1H. The van der Waals surface area contributed by atoms with Crippen molar-refractivity contribution in [1.29, 1.82) is 0 Å². The first-order valence-electron chi connectivity index (χ1n) is 8.74. The maximum absolute atomic E-state index is 13.2. The molecule has 0 aromatic heterocycles. The molecule has 28 heavy (non-hydrogen) atoms. The van der Waals surface area contributed by atoms with E-state index in [0.29, 0.717) is 13.1 Å². The second-order valence-corrected chi connectivity index (χ2v) is 6.94. The van der Waals surface area contributed by atoms with Gasteiger partial charge < -0.3 is 14.8 Å². The molecule has 1 amide bonds. The van der Waals surface area contributed by atoms with Gasteiger partial charge in [-0.2, -0.15) is 0 Å². The number of ether oxygens (including phenoxy) is 2. The monoisotopic (exact) mass is 441 g/mol. The minimum absolute atomic E-state index is 0. The van der Waals surface area contributed by atoms with Gasteiger partial charge in [-0.25, -0.2) is 8.78 Å². The van der Waals surface area contributed by atoms with Crippen molar-refractivity contribution in [2.45, 2.75) is 37.4 Å². The number of hydrogen-bond donors (Lipinski definition) is 2. The molecular formula is C18H27Cl2F2N3O3. The van der Waals surface area contributed by atoms with E-state index in [9.17, 15) is 13.6 Å². The Labute approximate surface area is 176 Å². The molecule has 0 saturated carbocycles. The molecule has 160 valence electrons. The summed E-state index contributed by atoms with van der Waals surface area (Å²) in [5, 5.41) is 5.49. The van der Waals surface area contributed by atoms with Gasteiger partial charge in [-0.05, 0) is 24.1 Å². The largest absolute Gasteiger partial charge is 0.497 e. The van der Waals surface area contributed by atoms with Crippen molar-refractivity contribution < 1.29 is 23.0 Å². The van der Waals surface area contributed by atoms with E-state index < -0.39 is 24.9 Å². The van der Waals surface area contributed by atoms with Gasteiger partial charge in [0.05, 0.1) is 26.8 Å². The summed E-state index contributed by atoms with van der Waals surface area (Å²) in [5.74, 6) is -1.67. The van der Waals surface area contributed by atoms with Crippen molar-refractivity contribution in [3.63, 3.8) is 0 Å². The zero-order valence-corrected chi connectivity index (χ0v) is 17.5. The first-order chi connectivity index (χ1) is 12.4. The Kier molecular flexibility index (Phi) is 9.20. The Morgan fingerprint density at radius 3 is 2.43 bits per heavy atom. The number of nitrogens with zero attached hydrogens (tertiary/aromatic N) is 1. The summed E-state index contributed by atoms with van der Waals surface area (Å²) in [6, 6.07) is 4.91. The quantitative estimate of drug-likeness (QED) is 0.708. The summed E-state index contributed by atoms with van der Waals surface area (Å²) in [6.45, 7) is 1.80. The number of benzene rings is 1. The molecule has 1 aromatic rings. The van der Waals surface area contributed by atoms with Crippen molar-refractivity contribution in [3.05, 3.63) is 23.8 Å². The fraction of sp³-hybridized carbons (Fsp3) is 0.611. The van der Waals surface area contributed by atoms with Crippen molar-refractivity contribution in [3.8, 4) is 11.5 Å². The molecule has 2 heterocycles. The second-order valence-electron chi connectivity index (χ2n) is 6.94. The van der Waals surface area contributed by atoms with Crippen LogP contribution in [0.1, 0.15) is 18.4 Å². The van der Waals surface area contributed by atoms with Gasteiger partial charge in [-0.1, -0.05) is 0 Å². The van der Waals surface area contributed by atoms with Crippen molar-refractivity contribution >= 4 is 30.7 Å². The number of carbonyl (C=O) groups excluding carboxylic acids is 1. The van der Waals surface area contributed by atoms with Crippen LogP contribution in [-0.4, -0.2) is 62.7 Å². The molecule has 10 heteroatoms. The molecule has 2 atom stereocenters. The van der Waals surface area contributed by atoms with Crippen LogP contribution in [0, 0.1) is 0 Å². The number of amides is 1. The fourth-order valence-electron chi connectivity index (χ4n) is 3.51. The Bertz CT molecular complexity index is 645. The molecule has 0 radical (unpaired) electrons. The van der Waals surface area contributed by atoms with Gasteiger partial charge >= 0.3 is 0 Å². The molecule has 0 spiro atoms. The van der Waals surface area contributed by atoms with Crippen LogP contribution in [-0.2, 0) is 11.3 Å². The van der Waals surface area contributed by atoms with Crippen LogP contribution in [0.3, 0.4) is 0 Å². The topological polar surface area (TPSA) is 62.8 Å². The number of hydrogen-bond acceptors (Lipinski definition) is 5. The van der Waals surface area contributed by atoms with Crippen LogP contribution in [0.15, 0.2) is 18.2 Å². The van der Waals surface area contributed by atoms with E-state index in [1.165, 1.54) is 0 Å². The highest BCUT2D eigenvalue weighted by atomic mass is 35.5. The third-order valence-corrected chi connectivity index (χ3v) is 4.86. The van der Waals surface area contributed by atoms with Gasteiger partial charge in [0.25, 0.3) is 5.92 Å². The van der Waals surface area contributed by atoms with Gasteiger partial charge in [0.2, 0.25) is 5.91 Å². The minimum atomic E-state index is -2.80. The molecule has 0 aliphatic carbocycles. The molecule has 0 bridgehead atoms. The van der Waals surface area contributed by atoms with Gasteiger partial charge in [-0.3, -0.25) is 15.0 Å². The summed E-state index contributed by atoms with van der Waals surface area (Å²) in [4.78, 5) is 14.4. The van der Waals surface area contributed by atoms with Gasteiger partial charge in [-0.15, -0.1) is 24.8 Å². The number of alkyl halides is 2. The van der Waals surface area contributed by atoms with E-state index in [-0.39, 0.29) is 36.8 Å². The average molecular weight is 442 g/mol. The second kappa shape index (κ2) is 10.4. The predicted molar refractivity (Wildman–Crippen MR) is 107 cm³/mol. The summed E-state index contributed by atoms with van der Waals surface area (Å²) >= 11 is 0. The van der Waals surface area contributed by atoms with Gasteiger partial charge in [0.15, 0.2) is 0 Å². The number of methoxy groups -OCH3 is 2. The summed E-state index contributed by atoms with van der Waals surface area (Å²) < 4.78 is 37.0. The Morgan fingerprint density at radius 2 is 1.89 bits per heavy atom. The number of rotatable bonds is 6. The molecule has 1 aromatic carbocycles. The van der Waals surface area contributed by atoms with Gasteiger partial charge in [0, 0.05) is 38.2 Å². The zero-order chi connectivity index (χ0) is 18.7. The highest BCUT2D eigenvalue weighted by molar-refractivity contribution is 5.85. The van der Waals surface area contributed by atoms with E-state index in [4.69, 9.17) is 9.47 Å². The number of carbonyl (C=O) groups is 1. The van der Waals surface area contributed by atoms with Crippen LogP contribution in [0.25, 0.3) is 0 Å². The smallest absolute Gasteiger partial charge is 0.262 e. The van der Waals surface area contributed by atoms with Gasteiger partial charge in [0.1, 0.15) is 11.5 Å². The first kappa shape index (κ1) is 24.7. The molecule has 2 aliphatic heterocycles. The number of likely N-dealkylation sites (tertiary alicyclic amines) is 1. The van der Waals surface area contributed by atoms with Crippen LogP contribution in [0.2, 0.25) is 0 Å². The van der Waals surface area contributed by atoms with E-state index >= 15 is 0 Å². The third kappa shape index (κ3) is 6.34. The Hall–Kier alpha value is -1.35. The summed E-state index contributed by atoms with van der Waals surface area (Å²) in [7, 11) is 3.22. The maximum Gasteiger partial charge on any atom is 0.262 e. The molecule has 2 fully saturated rings. The number of halogens is 4. The normalized spacial score (nSPS) is 23.4. The highest BCUT2D eigenvalue weighted by Gasteiger charge is 2.42. The lowest BCUT2D eigenvalue weighted by molar-refractivity contribution is -0.124. The molecule has 2 unspecified atom stereocenters. The van der Waals surface area contributed by atoms with Crippen LogP contribution >= 0.6 is 24.8 Å². The molecule has 3 rings (SSSR count). The van der Waals surface area contributed by atoms with E-state index in [1.54, 1.807) is 14.2 Å². The van der Waals surface area contributed by atoms with Crippen LogP contribution in [0.5, 0.6) is 11.5 Å². The van der Waals surface area contributed by atoms with Crippen molar-refractivity contribution in [2.75, 3.05) is 33.9 Å². The predicted octanol–water partition coefficient (Wildman–Crippen LogP) is 2.24. The minimum Gasteiger partial charge on any atom is -0.497 e. The molecular weight excluding hydrogens is 415 g/mol. The zero-order valence-electron chi connectivity index (χ0n) is 15.9. The highest BCUT2D eigenvalue weighted by Crippen LogP contribution is 2.26. The Morgan fingerprint density at radius 1 is 1.25 bits per heavy atom. The first-order valence-corrected chi connectivity index (χ1v) is 8.74. The third-order valence-electron chi connectivity index (χ3n) is 4.86. The lowest BCUT2D eigenvalue weighted by atomic mass is 10.1. The summed E-state index contributed by atoms with van der Waals surface area (Å²) in [6.07, 6.45) is 0.370.